The lowest BCUT2D eigenvalue weighted by Crippen LogP contribution is -1.84. The van der Waals surface area contributed by atoms with Gasteiger partial charge in [0, 0.05) is 21.3 Å². The van der Waals surface area contributed by atoms with Crippen LogP contribution in [0, 0.1) is 0 Å². The van der Waals surface area contributed by atoms with Crippen molar-refractivity contribution < 1.29 is 0 Å². The molecule has 82 valence electrons. The number of hydrogen-bond donors (Lipinski definition) is 1. The van der Waals surface area contributed by atoms with Crippen molar-refractivity contribution in [2.75, 3.05) is 5.73 Å². The average Bonchev–Trinajstić information content (AvgIpc) is 2.25. The van der Waals surface area contributed by atoms with Crippen LogP contribution in [0.2, 0.25) is 5.02 Å². The summed E-state index contributed by atoms with van der Waals surface area (Å²) in [4.78, 5) is 5.31. The summed E-state index contributed by atoms with van der Waals surface area (Å²) < 4.78 is 0.874. The second-order valence-electron chi connectivity index (χ2n) is 3.11. The van der Waals surface area contributed by atoms with E-state index in [4.69, 9.17) is 17.3 Å². The van der Waals surface area contributed by atoms with Gasteiger partial charge in [-0.1, -0.05) is 23.4 Å². The molecule has 2 aromatic rings. The van der Waals surface area contributed by atoms with Crippen LogP contribution in [-0.4, -0.2) is 4.98 Å². The molecule has 0 aliphatic rings. The van der Waals surface area contributed by atoms with Gasteiger partial charge in [-0.3, -0.25) is 0 Å². The van der Waals surface area contributed by atoms with E-state index in [0.29, 0.717) is 5.02 Å². The summed E-state index contributed by atoms with van der Waals surface area (Å²) in [5.74, 6) is 0. The fraction of sp³-hybridized carbons (Fsp3) is 0. The molecule has 0 atom stereocenters. The van der Waals surface area contributed by atoms with Crippen LogP contribution in [0.1, 0.15) is 0 Å². The summed E-state index contributed by atoms with van der Waals surface area (Å²) in [7, 11) is 0. The highest BCUT2D eigenvalue weighted by molar-refractivity contribution is 9.10. The highest BCUT2D eigenvalue weighted by Gasteiger charge is 2.04. The van der Waals surface area contributed by atoms with Crippen molar-refractivity contribution in [1.82, 2.24) is 4.98 Å². The van der Waals surface area contributed by atoms with Gasteiger partial charge < -0.3 is 5.73 Å². The van der Waals surface area contributed by atoms with Gasteiger partial charge >= 0.3 is 0 Å². The third-order valence-electron chi connectivity index (χ3n) is 1.87. The van der Waals surface area contributed by atoms with Gasteiger partial charge in [0.2, 0.25) is 0 Å². The van der Waals surface area contributed by atoms with E-state index in [1.807, 2.05) is 30.3 Å². The molecule has 1 heterocycles. The number of rotatable bonds is 2. The van der Waals surface area contributed by atoms with Crippen molar-refractivity contribution in [3.8, 4) is 0 Å². The van der Waals surface area contributed by atoms with Crippen molar-refractivity contribution in [2.24, 2.45) is 0 Å². The smallest absolute Gasteiger partial charge is 0.119 e. The second kappa shape index (κ2) is 5.08. The summed E-state index contributed by atoms with van der Waals surface area (Å²) in [6.07, 6.45) is 1.73. The predicted octanol–water partition coefficient (Wildman–Crippen LogP) is 4.23. The maximum atomic E-state index is 6.07. The number of pyridine rings is 1. The molecule has 16 heavy (non-hydrogen) atoms. The van der Waals surface area contributed by atoms with Crippen LogP contribution in [0.5, 0.6) is 0 Å². The Morgan fingerprint density at radius 3 is 2.56 bits per heavy atom. The van der Waals surface area contributed by atoms with Gasteiger partial charge in [-0.2, -0.15) is 0 Å². The maximum absolute atomic E-state index is 6.07. The molecule has 0 spiro atoms. The molecular weight excluding hydrogens is 308 g/mol. The second-order valence-corrected chi connectivity index (χ2v) is 5.50. The Morgan fingerprint density at radius 2 is 1.94 bits per heavy atom. The predicted molar refractivity (Wildman–Crippen MR) is 71.9 cm³/mol. The number of anilines is 1. The fourth-order valence-electron chi connectivity index (χ4n) is 1.12. The Balaban J connectivity index is 2.23. The Morgan fingerprint density at radius 1 is 1.25 bits per heavy atom. The number of benzene rings is 1. The van der Waals surface area contributed by atoms with Gasteiger partial charge in [0.25, 0.3) is 0 Å². The zero-order valence-electron chi connectivity index (χ0n) is 8.15. The first kappa shape index (κ1) is 11.8. The van der Waals surface area contributed by atoms with E-state index >= 15 is 0 Å². The number of nitrogens with zero attached hydrogens (tertiary/aromatic N) is 1. The van der Waals surface area contributed by atoms with E-state index in [1.165, 1.54) is 11.8 Å². The largest absolute Gasteiger partial charge is 0.399 e. The van der Waals surface area contributed by atoms with Crippen LogP contribution >= 0.6 is 39.3 Å². The number of hydrogen-bond acceptors (Lipinski definition) is 3. The molecule has 2 nitrogen and oxygen atoms in total. The Labute approximate surface area is 111 Å². The van der Waals surface area contributed by atoms with Crippen LogP contribution in [0.15, 0.2) is 50.9 Å². The number of halogens is 2. The van der Waals surface area contributed by atoms with Gasteiger partial charge in [0.15, 0.2) is 0 Å². The first-order chi connectivity index (χ1) is 7.65. The highest BCUT2D eigenvalue weighted by Crippen LogP contribution is 2.32. The summed E-state index contributed by atoms with van der Waals surface area (Å²) in [6.45, 7) is 0. The zero-order valence-corrected chi connectivity index (χ0v) is 11.3. The molecule has 1 aromatic carbocycles. The van der Waals surface area contributed by atoms with Crippen molar-refractivity contribution in [2.45, 2.75) is 9.92 Å². The number of aromatic nitrogens is 1. The van der Waals surface area contributed by atoms with Crippen molar-refractivity contribution in [1.29, 1.82) is 0 Å². The van der Waals surface area contributed by atoms with Crippen molar-refractivity contribution in [3.05, 3.63) is 46.0 Å². The molecule has 0 unspecified atom stereocenters. The molecule has 0 aliphatic heterocycles. The van der Waals surface area contributed by atoms with Gasteiger partial charge in [-0.15, -0.1) is 0 Å². The van der Waals surface area contributed by atoms with E-state index in [1.54, 1.807) is 6.20 Å². The maximum Gasteiger partial charge on any atom is 0.119 e. The third kappa shape index (κ3) is 2.90. The number of nitrogens with two attached hydrogens (primary N) is 1. The van der Waals surface area contributed by atoms with Crippen LogP contribution in [0.25, 0.3) is 0 Å². The van der Waals surface area contributed by atoms with E-state index in [9.17, 15) is 0 Å². The Kier molecular flexibility index (Phi) is 3.74. The zero-order chi connectivity index (χ0) is 11.5. The molecule has 2 N–H and O–H groups in total. The van der Waals surface area contributed by atoms with E-state index in [0.717, 1.165) is 20.1 Å². The third-order valence-corrected chi connectivity index (χ3v) is 3.73. The van der Waals surface area contributed by atoms with E-state index < -0.39 is 0 Å². The number of nitrogen functional groups attached to an aromatic ring is 1. The molecule has 5 heteroatoms. The molecule has 0 bridgehead atoms. The normalized spacial score (nSPS) is 10.4. The van der Waals surface area contributed by atoms with Crippen LogP contribution in [0.4, 0.5) is 5.69 Å². The monoisotopic (exact) mass is 314 g/mol. The molecule has 0 aliphatic carbocycles. The lowest BCUT2D eigenvalue weighted by Gasteiger charge is -2.03. The summed E-state index contributed by atoms with van der Waals surface area (Å²) in [5, 5.41) is 1.42. The average molecular weight is 316 g/mol. The van der Waals surface area contributed by atoms with Gasteiger partial charge in [0.05, 0.1) is 5.02 Å². The molecule has 0 amide bonds. The van der Waals surface area contributed by atoms with Crippen molar-refractivity contribution in [3.63, 3.8) is 0 Å². The minimum absolute atomic E-state index is 0.635. The summed E-state index contributed by atoms with van der Waals surface area (Å²) in [6, 6.07) is 9.43. The van der Waals surface area contributed by atoms with Crippen molar-refractivity contribution >= 4 is 45.0 Å². The lowest BCUT2D eigenvalue weighted by molar-refractivity contribution is 1.12. The Hall–Kier alpha value is -0.710. The van der Waals surface area contributed by atoms with Gasteiger partial charge in [-0.25, -0.2) is 4.98 Å². The van der Waals surface area contributed by atoms with Crippen LogP contribution in [0.3, 0.4) is 0 Å². The Bertz CT molecular complexity index is 502. The van der Waals surface area contributed by atoms with Gasteiger partial charge in [0.1, 0.15) is 5.03 Å². The molecular formula is C11H8BrClN2S. The lowest BCUT2D eigenvalue weighted by atomic mass is 10.3. The quantitative estimate of drug-likeness (QED) is 0.843. The highest BCUT2D eigenvalue weighted by atomic mass is 79.9. The molecule has 1 aromatic heterocycles. The van der Waals surface area contributed by atoms with Gasteiger partial charge in [-0.05, 0) is 46.3 Å². The summed E-state index contributed by atoms with van der Waals surface area (Å²) in [5.41, 5.74) is 6.36. The molecule has 0 saturated carbocycles. The molecule has 2 rings (SSSR count). The topological polar surface area (TPSA) is 38.9 Å². The fourth-order valence-corrected chi connectivity index (χ4v) is 2.63. The van der Waals surface area contributed by atoms with Crippen LogP contribution < -0.4 is 5.73 Å². The molecule has 0 radical (unpaired) electrons. The standard InChI is InChI=1S/C11H8BrClN2S/c12-7-5-10(13)11(15-6-7)16-9-3-1-8(14)2-4-9/h1-6H,14H2. The summed E-state index contributed by atoms with van der Waals surface area (Å²) >= 11 is 10.9. The first-order valence-electron chi connectivity index (χ1n) is 4.49. The minimum Gasteiger partial charge on any atom is -0.399 e. The molecule has 0 saturated heterocycles. The van der Waals surface area contributed by atoms with E-state index in [-0.39, 0.29) is 0 Å². The van der Waals surface area contributed by atoms with Crippen LogP contribution in [-0.2, 0) is 0 Å². The first-order valence-corrected chi connectivity index (χ1v) is 6.48. The van der Waals surface area contributed by atoms with E-state index in [2.05, 4.69) is 20.9 Å². The minimum atomic E-state index is 0.635. The SMILES string of the molecule is Nc1ccc(Sc2ncc(Br)cc2Cl)cc1. The molecule has 0 fully saturated rings.